The molecule has 0 atom stereocenters. The SMILES string of the molecule is CC(C)(C)CS(=O)(=O)OC(N)=O. The third-order valence-electron chi connectivity index (χ3n) is 0.819. The molecule has 0 saturated carbocycles. The van der Waals surface area contributed by atoms with Crippen LogP contribution in [0.25, 0.3) is 0 Å². The van der Waals surface area contributed by atoms with Gasteiger partial charge < -0.3 is 9.92 Å². The molecular weight excluding hydrogens is 182 g/mol. The fraction of sp³-hybridized carbons (Fsp3) is 0.833. The maximum absolute atomic E-state index is 10.9. The summed E-state index contributed by atoms with van der Waals surface area (Å²) in [5.74, 6) is -0.233. The third kappa shape index (κ3) is 5.96. The maximum Gasteiger partial charge on any atom is 0.420 e. The molecule has 0 unspecified atom stereocenters. The maximum atomic E-state index is 10.9. The second-order valence-electron chi connectivity index (χ2n) is 3.67. The van der Waals surface area contributed by atoms with Crippen molar-refractivity contribution in [3.8, 4) is 0 Å². The van der Waals surface area contributed by atoms with Crippen molar-refractivity contribution in [2.45, 2.75) is 20.8 Å². The van der Waals surface area contributed by atoms with Gasteiger partial charge in [-0.3, -0.25) is 0 Å². The van der Waals surface area contributed by atoms with Crippen LogP contribution in [0.2, 0.25) is 0 Å². The summed E-state index contributed by atoms with van der Waals surface area (Å²) >= 11 is 0. The quantitative estimate of drug-likeness (QED) is 0.648. The van der Waals surface area contributed by atoms with Crippen LogP contribution in [-0.4, -0.2) is 20.3 Å². The van der Waals surface area contributed by atoms with E-state index in [4.69, 9.17) is 0 Å². The van der Waals surface area contributed by atoms with Crippen LogP contribution in [0.1, 0.15) is 20.8 Å². The minimum atomic E-state index is -3.81. The van der Waals surface area contributed by atoms with Crippen LogP contribution in [0.5, 0.6) is 0 Å². The monoisotopic (exact) mass is 195 g/mol. The van der Waals surface area contributed by atoms with Crippen LogP contribution in [0.15, 0.2) is 0 Å². The Morgan fingerprint density at radius 2 is 1.83 bits per heavy atom. The van der Waals surface area contributed by atoms with Crippen LogP contribution in [0, 0.1) is 5.41 Å². The van der Waals surface area contributed by atoms with Gasteiger partial charge in [0.2, 0.25) is 0 Å². The second kappa shape index (κ2) is 3.30. The van der Waals surface area contributed by atoms with Gasteiger partial charge in [-0.2, -0.15) is 8.42 Å². The minimum Gasteiger partial charge on any atom is -0.334 e. The van der Waals surface area contributed by atoms with E-state index in [0.717, 1.165) is 0 Å². The van der Waals surface area contributed by atoms with E-state index in [0.29, 0.717) is 0 Å². The highest BCUT2D eigenvalue weighted by molar-refractivity contribution is 7.87. The standard InChI is InChI=1S/C6H13NO4S/c1-6(2,3)4-12(9,10)11-5(7)8/h4H2,1-3H3,(H2,7,8). The molecule has 0 saturated heterocycles. The lowest BCUT2D eigenvalue weighted by Gasteiger charge is -2.16. The fourth-order valence-corrected chi connectivity index (χ4v) is 2.05. The Balaban J connectivity index is 4.36. The molecule has 12 heavy (non-hydrogen) atoms. The van der Waals surface area contributed by atoms with Crippen molar-refractivity contribution in [2.24, 2.45) is 11.1 Å². The first kappa shape index (κ1) is 11.2. The summed E-state index contributed by atoms with van der Waals surface area (Å²) in [6.07, 6.45) is -1.29. The summed E-state index contributed by atoms with van der Waals surface area (Å²) in [5, 5.41) is 0. The molecule has 0 heterocycles. The Morgan fingerprint density at radius 1 is 1.42 bits per heavy atom. The van der Waals surface area contributed by atoms with Crippen molar-refractivity contribution < 1.29 is 17.4 Å². The van der Waals surface area contributed by atoms with E-state index < -0.39 is 21.6 Å². The number of rotatable bonds is 2. The van der Waals surface area contributed by atoms with Crippen molar-refractivity contribution in [3.05, 3.63) is 0 Å². The highest BCUT2D eigenvalue weighted by atomic mass is 32.2. The second-order valence-corrected chi connectivity index (χ2v) is 5.24. The summed E-state index contributed by atoms with van der Waals surface area (Å²) in [5.41, 5.74) is 4.11. The first-order chi connectivity index (χ1) is 5.12. The Morgan fingerprint density at radius 3 is 2.08 bits per heavy atom. The third-order valence-corrected chi connectivity index (χ3v) is 2.46. The van der Waals surface area contributed by atoms with Gasteiger partial charge in [0.25, 0.3) is 0 Å². The molecule has 0 bridgehead atoms. The smallest absolute Gasteiger partial charge is 0.334 e. The molecule has 0 rings (SSSR count). The topological polar surface area (TPSA) is 86.5 Å². The number of carbonyl (C=O) groups is 1. The molecule has 0 aliphatic heterocycles. The van der Waals surface area contributed by atoms with E-state index in [1.165, 1.54) is 0 Å². The van der Waals surface area contributed by atoms with Crippen LogP contribution in [-0.2, 0) is 14.3 Å². The van der Waals surface area contributed by atoms with Crippen molar-refractivity contribution in [1.29, 1.82) is 0 Å². The zero-order chi connectivity index (χ0) is 9.99. The van der Waals surface area contributed by atoms with E-state index in [1.54, 1.807) is 20.8 Å². The Hall–Kier alpha value is -0.780. The zero-order valence-corrected chi connectivity index (χ0v) is 8.14. The molecule has 0 aromatic heterocycles. The van der Waals surface area contributed by atoms with Crippen molar-refractivity contribution in [2.75, 3.05) is 5.75 Å². The van der Waals surface area contributed by atoms with Gasteiger partial charge in [-0.15, -0.1) is 0 Å². The van der Waals surface area contributed by atoms with E-state index in [2.05, 4.69) is 9.92 Å². The van der Waals surface area contributed by atoms with Crippen molar-refractivity contribution in [1.82, 2.24) is 0 Å². The molecule has 6 heteroatoms. The van der Waals surface area contributed by atoms with E-state index in [9.17, 15) is 13.2 Å². The number of carbonyl (C=O) groups excluding carboxylic acids is 1. The summed E-state index contributed by atoms with van der Waals surface area (Å²) in [7, 11) is -3.81. The highest BCUT2D eigenvalue weighted by Crippen LogP contribution is 2.16. The molecular formula is C6H13NO4S. The highest BCUT2D eigenvalue weighted by Gasteiger charge is 2.24. The molecule has 0 aromatic carbocycles. The van der Waals surface area contributed by atoms with Gasteiger partial charge in [0.15, 0.2) is 0 Å². The van der Waals surface area contributed by atoms with Gasteiger partial charge >= 0.3 is 16.2 Å². The molecule has 0 radical (unpaired) electrons. The largest absolute Gasteiger partial charge is 0.420 e. The number of hydrogen-bond donors (Lipinski definition) is 1. The predicted molar refractivity (Wildman–Crippen MR) is 43.9 cm³/mol. The molecule has 0 aliphatic carbocycles. The number of hydrogen-bond acceptors (Lipinski definition) is 4. The van der Waals surface area contributed by atoms with Crippen LogP contribution < -0.4 is 5.73 Å². The van der Waals surface area contributed by atoms with Gasteiger partial charge in [-0.1, -0.05) is 20.8 Å². The average Bonchev–Trinajstić information content (AvgIpc) is 1.48. The Bertz CT molecular complexity index is 262. The normalized spacial score (nSPS) is 12.6. The summed E-state index contributed by atoms with van der Waals surface area (Å²) in [6, 6.07) is 0. The van der Waals surface area contributed by atoms with Crippen LogP contribution >= 0.6 is 0 Å². The summed E-state index contributed by atoms with van der Waals surface area (Å²) < 4.78 is 25.8. The Kier molecular flexibility index (Phi) is 3.09. The molecule has 2 N–H and O–H groups in total. The zero-order valence-electron chi connectivity index (χ0n) is 7.33. The Labute approximate surface area is 72.0 Å². The molecule has 0 aliphatic rings. The van der Waals surface area contributed by atoms with Gasteiger partial charge in [0.1, 0.15) is 0 Å². The first-order valence-corrected chi connectivity index (χ1v) is 4.92. The van der Waals surface area contributed by atoms with E-state index in [-0.39, 0.29) is 5.75 Å². The molecule has 0 spiro atoms. The van der Waals surface area contributed by atoms with Crippen molar-refractivity contribution in [3.63, 3.8) is 0 Å². The fourth-order valence-electron chi connectivity index (χ4n) is 0.685. The van der Waals surface area contributed by atoms with Crippen LogP contribution in [0.4, 0.5) is 4.79 Å². The van der Waals surface area contributed by atoms with Gasteiger partial charge in [0, 0.05) is 0 Å². The van der Waals surface area contributed by atoms with Gasteiger partial charge in [-0.05, 0) is 5.41 Å². The molecule has 72 valence electrons. The number of nitrogens with two attached hydrogens (primary N) is 1. The first-order valence-electron chi connectivity index (χ1n) is 3.34. The number of primary amides is 1. The van der Waals surface area contributed by atoms with Gasteiger partial charge in [0.05, 0.1) is 5.75 Å². The van der Waals surface area contributed by atoms with Gasteiger partial charge in [-0.25, -0.2) is 4.79 Å². The van der Waals surface area contributed by atoms with E-state index in [1.807, 2.05) is 0 Å². The molecule has 1 amide bonds. The summed E-state index contributed by atoms with van der Waals surface area (Å²) in [6.45, 7) is 5.15. The summed E-state index contributed by atoms with van der Waals surface area (Å²) in [4.78, 5) is 10.1. The predicted octanol–water partition coefficient (Wildman–Crippen LogP) is 0.458. The molecule has 0 aromatic rings. The van der Waals surface area contributed by atoms with Crippen molar-refractivity contribution >= 4 is 16.2 Å². The minimum absolute atomic E-state index is 0.233. The average molecular weight is 195 g/mol. The van der Waals surface area contributed by atoms with Crippen LogP contribution in [0.3, 0.4) is 0 Å². The van der Waals surface area contributed by atoms with E-state index >= 15 is 0 Å². The molecule has 5 nitrogen and oxygen atoms in total. The lowest BCUT2D eigenvalue weighted by molar-refractivity contribution is 0.212. The lowest BCUT2D eigenvalue weighted by atomic mass is 10.0. The number of amides is 1. The molecule has 0 fully saturated rings. The lowest BCUT2D eigenvalue weighted by Crippen LogP contribution is -2.27.